The molecule has 0 bridgehead atoms. The third kappa shape index (κ3) is 3.07. The summed E-state index contributed by atoms with van der Waals surface area (Å²) in [6.07, 6.45) is 5.65. The van der Waals surface area contributed by atoms with Gasteiger partial charge in [0, 0.05) is 18.4 Å². The Hall–Kier alpha value is -2.54. The number of hydrogen-bond donors (Lipinski definition) is 2. The number of hydrogen-bond acceptors (Lipinski definition) is 6. The van der Waals surface area contributed by atoms with Gasteiger partial charge in [0.25, 0.3) is 5.91 Å². The molecule has 1 aliphatic rings. The van der Waals surface area contributed by atoms with Crippen LogP contribution in [0.5, 0.6) is 0 Å². The highest BCUT2D eigenvalue weighted by atomic mass is 32.1. The molecule has 0 aromatic carbocycles. The van der Waals surface area contributed by atoms with Crippen LogP contribution in [0.15, 0.2) is 36.0 Å². The van der Waals surface area contributed by atoms with Crippen molar-refractivity contribution in [2.24, 2.45) is 0 Å². The van der Waals surface area contributed by atoms with Crippen LogP contribution in [0.2, 0.25) is 0 Å². The molecule has 7 heteroatoms. The van der Waals surface area contributed by atoms with Crippen LogP contribution in [-0.4, -0.2) is 26.9 Å². The van der Waals surface area contributed by atoms with Gasteiger partial charge in [0.2, 0.25) is 5.95 Å². The molecule has 0 radical (unpaired) electrons. The molecule has 1 aliphatic carbocycles. The number of fused-ring (bicyclic) bond motifs is 1. The van der Waals surface area contributed by atoms with E-state index in [0.717, 1.165) is 28.6 Å². The molecule has 6 nitrogen and oxygen atoms in total. The first-order chi connectivity index (χ1) is 11.7. The molecule has 0 aliphatic heterocycles. The minimum absolute atomic E-state index is 0.00544. The van der Waals surface area contributed by atoms with E-state index in [9.17, 15) is 4.79 Å². The second kappa shape index (κ2) is 6.16. The maximum Gasteiger partial charge on any atom is 0.271 e. The zero-order valence-corrected chi connectivity index (χ0v) is 14.0. The minimum Gasteiger partial charge on any atom is -0.348 e. The lowest BCUT2D eigenvalue weighted by Crippen LogP contribution is -2.27. The number of carbonyl (C=O) groups excluding carboxylic acids is 1. The van der Waals surface area contributed by atoms with Crippen molar-refractivity contribution < 1.29 is 4.79 Å². The Morgan fingerprint density at radius 1 is 1.33 bits per heavy atom. The van der Waals surface area contributed by atoms with Gasteiger partial charge in [-0.2, -0.15) is 0 Å². The number of aromatic nitrogens is 3. The molecular weight excluding hydrogens is 322 g/mol. The van der Waals surface area contributed by atoms with E-state index in [1.54, 1.807) is 6.20 Å². The summed E-state index contributed by atoms with van der Waals surface area (Å²) >= 11 is 1.49. The van der Waals surface area contributed by atoms with Crippen LogP contribution in [0, 0.1) is 0 Å². The monoisotopic (exact) mass is 339 g/mol. The molecule has 2 N–H and O–H groups in total. The molecule has 0 saturated heterocycles. The first kappa shape index (κ1) is 15.0. The number of nitrogens with one attached hydrogen (secondary N) is 2. The molecule has 24 heavy (non-hydrogen) atoms. The van der Waals surface area contributed by atoms with E-state index in [4.69, 9.17) is 0 Å². The molecular formula is C17H17N5OS. The van der Waals surface area contributed by atoms with Gasteiger partial charge >= 0.3 is 0 Å². The van der Waals surface area contributed by atoms with Gasteiger partial charge in [0.05, 0.1) is 16.3 Å². The van der Waals surface area contributed by atoms with Crippen molar-refractivity contribution in [3.63, 3.8) is 0 Å². The van der Waals surface area contributed by atoms with Gasteiger partial charge in [-0.1, -0.05) is 6.07 Å². The zero-order valence-electron chi connectivity index (χ0n) is 13.2. The van der Waals surface area contributed by atoms with E-state index in [2.05, 4.69) is 25.6 Å². The predicted molar refractivity (Wildman–Crippen MR) is 94.2 cm³/mol. The Kier molecular flexibility index (Phi) is 3.86. The highest BCUT2D eigenvalue weighted by Gasteiger charge is 2.26. The van der Waals surface area contributed by atoms with Gasteiger partial charge in [0.15, 0.2) is 5.69 Å². The smallest absolute Gasteiger partial charge is 0.271 e. The number of rotatable bonds is 5. The van der Waals surface area contributed by atoms with Crippen molar-refractivity contribution in [1.82, 2.24) is 20.3 Å². The molecule has 1 saturated carbocycles. The highest BCUT2D eigenvalue weighted by Crippen LogP contribution is 2.26. The maximum atomic E-state index is 12.5. The third-order valence-corrected chi connectivity index (χ3v) is 4.87. The maximum absolute atomic E-state index is 12.5. The molecule has 3 aromatic heterocycles. The van der Waals surface area contributed by atoms with Crippen molar-refractivity contribution >= 4 is 33.4 Å². The lowest BCUT2D eigenvalue weighted by atomic mass is 10.1. The fourth-order valence-electron chi connectivity index (χ4n) is 2.47. The second-order valence-electron chi connectivity index (χ2n) is 5.93. The number of pyridine rings is 1. The summed E-state index contributed by atoms with van der Waals surface area (Å²) in [6.45, 7) is 2.02. The van der Waals surface area contributed by atoms with E-state index in [1.807, 2.05) is 36.7 Å². The van der Waals surface area contributed by atoms with Crippen molar-refractivity contribution in [2.75, 3.05) is 5.32 Å². The summed E-state index contributed by atoms with van der Waals surface area (Å²) in [7, 11) is 0. The molecule has 1 unspecified atom stereocenters. The van der Waals surface area contributed by atoms with Gasteiger partial charge in [0.1, 0.15) is 0 Å². The van der Waals surface area contributed by atoms with Crippen LogP contribution in [0.25, 0.3) is 10.2 Å². The Morgan fingerprint density at radius 3 is 2.96 bits per heavy atom. The standard InChI is InChI=1S/C17H17N5OS/c1-10(11-3-2-7-18-9-11)19-17-21-13-6-8-24-15(13)14(22-17)16(23)20-12-4-5-12/h2-3,6-10,12H,4-5H2,1H3,(H,20,23)(H,19,21,22). The Morgan fingerprint density at radius 2 is 2.21 bits per heavy atom. The van der Waals surface area contributed by atoms with Crippen LogP contribution in [0.4, 0.5) is 5.95 Å². The van der Waals surface area contributed by atoms with E-state index in [1.165, 1.54) is 11.3 Å². The fourth-order valence-corrected chi connectivity index (χ4v) is 3.29. The van der Waals surface area contributed by atoms with Crippen molar-refractivity contribution in [2.45, 2.75) is 31.8 Å². The molecule has 1 fully saturated rings. The summed E-state index contributed by atoms with van der Waals surface area (Å²) in [5, 5.41) is 8.20. The molecule has 0 spiro atoms. The minimum atomic E-state index is -0.121. The predicted octanol–water partition coefficient (Wildman–Crippen LogP) is 3.15. The lowest BCUT2D eigenvalue weighted by Gasteiger charge is -2.14. The third-order valence-electron chi connectivity index (χ3n) is 3.96. The molecule has 3 aromatic rings. The Bertz CT molecular complexity index is 875. The summed E-state index contributed by atoms with van der Waals surface area (Å²) in [5.74, 6) is 0.336. The lowest BCUT2D eigenvalue weighted by molar-refractivity contribution is 0.0948. The molecule has 1 amide bonds. The molecule has 122 valence electrons. The van der Waals surface area contributed by atoms with Gasteiger partial charge < -0.3 is 10.6 Å². The van der Waals surface area contributed by atoms with Gasteiger partial charge in [-0.15, -0.1) is 11.3 Å². The first-order valence-electron chi connectivity index (χ1n) is 7.93. The second-order valence-corrected chi connectivity index (χ2v) is 6.85. The Labute approximate surface area is 143 Å². The fraction of sp³-hybridized carbons (Fsp3) is 0.294. The van der Waals surface area contributed by atoms with E-state index >= 15 is 0 Å². The first-order valence-corrected chi connectivity index (χ1v) is 8.81. The number of amides is 1. The SMILES string of the molecule is CC(Nc1nc(C(=O)NC2CC2)c2sccc2n1)c1cccnc1. The number of carbonyl (C=O) groups is 1. The molecule has 4 rings (SSSR count). The molecule has 1 atom stereocenters. The van der Waals surface area contributed by atoms with Crippen molar-refractivity contribution in [3.8, 4) is 0 Å². The van der Waals surface area contributed by atoms with Crippen LogP contribution in [-0.2, 0) is 0 Å². The summed E-state index contributed by atoms with van der Waals surface area (Å²) in [5.41, 5.74) is 2.27. The van der Waals surface area contributed by atoms with Gasteiger partial charge in [-0.05, 0) is 42.8 Å². The zero-order chi connectivity index (χ0) is 16.5. The van der Waals surface area contributed by atoms with E-state index in [-0.39, 0.29) is 11.9 Å². The van der Waals surface area contributed by atoms with E-state index < -0.39 is 0 Å². The van der Waals surface area contributed by atoms with Gasteiger partial charge in [-0.25, -0.2) is 9.97 Å². The number of anilines is 1. The number of nitrogens with zero attached hydrogens (tertiary/aromatic N) is 3. The highest BCUT2D eigenvalue weighted by molar-refractivity contribution is 7.17. The average molecular weight is 339 g/mol. The summed E-state index contributed by atoms with van der Waals surface area (Å²) in [4.78, 5) is 25.6. The Balaban J connectivity index is 1.64. The van der Waals surface area contributed by atoms with Crippen LogP contribution >= 0.6 is 11.3 Å². The van der Waals surface area contributed by atoms with Crippen LogP contribution in [0.1, 0.15) is 41.9 Å². The summed E-state index contributed by atoms with van der Waals surface area (Å²) in [6, 6.07) is 6.09. The largest absolute Gasteiger partial charge is 0.348 e. The topological polar surface area (TPSA) is 79.8 Å². The van der Waals surface area contributed by atoms with Crippen LogP contribution < -0.4 is 10.6 Å². The summed E-state index contributed by atoms with van der Waals surface area (Å²) < 4.78 is 0.827. The average Bonchev–Trinajstić information content (AvgIpc) is 3.28. The van der Waals surface area contributed by atoms with Crippen molar-refractivity contribution in [1.29, 1.82) is 0 Å². The van der Waals surface area contributed by atoms with Crippen molar-refractivity contribution in [3.05, 3.63) is 47.2 Å². The molecule has 3 heterocycles. The van der Waals surface area contributed by atoms with Gasteiger partial charge in [-0.3, -0.25) is 9.78 Å². The van der Waals surface area contributed by atoms with Crippen LogP contribution in [0.3, 0.4) is 0 Å². The quantitative estimate of drug-likeness (QED) is 0.746. The van der Waals surface area contributed by atoms with E-state index in [0.29, 0.717) is 17.7 Å². The normalized spacial score (nSPS) is 15.2. The number of thiophene rings is 1.